The largest absolute Gasteiger partial charge is 0.456 e. The van der Waals surface area contributed by atoms with Gasteiger partial charge in [-0.05, 0) is 25.1 Å². The fraction of sp³-hybridized carbons (Fsp3) is 0.545. The Morgan fingerprint density at radius 3 is 3.13 bits per heavy atom. The van der Waals surface area contributed by atoms with Crippen LogP contribution in [-0.2, 0) is 6.42 Å². The Morgan fingerprint density at radius 1 is 1.67 bits per heavy atom. The highest BCUT2D eigenvalue weighted by Gasteiger charge is 2.19. The number of hydrogen-bond acceptors (Lipinski definition) is 3. The molecule has 2 rings (SSSR count). The zero-order chi connectivity index (χ0) is 10.7. The van der Waals surface area contributed by atoms with E-state index in [9.17, 15) is 4.79 Å². The third kappa shape index (κ3) is 2.39. The second-order valence-corrected chi connectivity index (χ2v) is 3.78. The summed E-state index contributed by atoms with van der Waals surface area (Å²) in [4.78, 5) is 11.7. The zero-order valence-electron chi connectivity index (χ0n) is 8.88. The summed E-state index contributed by atoms with van der Waals surface area (Å²) < 4.78 is 5.37. The second-order valence-electron chi connectivity index (χ2n) is 3.78. The molecule has 0 aromatic carbocycles. The van der Waals surface area contributed by atoms with Crippen LogP contribution in [0.4, 0.5) is 0 Å². The van der Waals surface area contributed by atoms with Gasteiger partial charge < -0.3 is 15.1 Å². The van der Waals surface area contributed by atoms with Crippen LogP contribution >= 0.6 is 0 Å². The van der Waals surface area contributed by atoms with Gasteiger partial charge in [0, 0.05) is 19.0 Å². The van der Waals surface area contributed by atoms with Crippen LogP contribution in [0.2, 0.25) is 0 Å². The predicted molar refractivity (Wildman–Crippen MR) is 56.8 cm³/mol. The summed E-state index contributed by atoms with van der Waals surface area (Å²) in [5.41, 5.74) is 0. The molecule has 1 fully saturated rings. The van der Waals surface area contributed by atoms with E-state index in [0.717, 1.165) is 31.7 Å². The Balaban J connectivity index is 1.94. The van der Waals surface area contributed by atoms with Gasteiger partial charge in [-0.15, -0.1) is 0 Å². The van der Waals surface area contributed by atoms with Gasteiger partial charge >= 0.3 is 0 Å². The van der Waals surface area contributed by atoms with Gasteiger partial charge in [0.25, 0.3) is 5.91 Å². The summed E-state index contributed by atoms with van der Waals surface area (Å²) in [6.07, 6.45) is 1.81. The lowest BCUT2D eigenvalue weighted by Crippen LogP contribution is -2.35. The molecule has 0 radical (unpaired) electrons. The Hall–Kier alpha value is -1.29. The molecule has 4 nitrogen and oxygen atoms in total. The Morgan fingerprint density at radius 2 is 2.53 bits per heavy atom. The van der Waals surface area contributed by atoms with Gasteiger partial charge in [0.2, 0.25) is 0 Å². The average molecular weight is 208 g/mol. The van der Waals surface area contributed by atoms with Gasteiger partial charge in [0.05, 0.1) is 0 Å². The maximum absolute atomic E-state index is 11.7. The highest BCUT2D eigenvalue weighted by molar-refractivity contribution is 5.91. The molecule has 4 heteroatoms. The van der Waals surface area contributed by atoms with Crippen molar-refractivity contribution in [2.75, 3.05) is 13.1 Å². The molecule has 1 aromatic rings. The summed E-state index contributed by atoms with van der Waals surface area (Å²) >= 11 is 0. The van der Waals surface area contributed by atoms with Gasteiger partial charge in [-0.2, -0.15) is 0 Å². The van der Waals surface area contributed by atoms with Crippen molar-refractivity contribution in [1.29, 1.82) is 0 Å². The van der Waals surface area contributed by atoms with E-state index in [1.165, 1.54) is 0 Å². The summed E-state index contributed by atoms with van der Waals surface area (Å²) in [7, 11) is 0. The van der Waals surface area contributed by atoms with Gasteiger partial charge in [0.1, 0.15) is 5.76 Å². The summed E-state index contributed by atoms with van der Waals surface area (Å²) in [6, 6.07) is 3.82. The predicted octanol–water partition coefficient (Wildman–Crippen LogP) is 0.934. The molecule has 0 spiro atoms. The molecule has 0 unspecified atom stereocenters. The molecule has 0 aliphatic carbocycles. The first-order valence-corrected chi connectivity index (χ1v) is 5.40. The number of hydrogen-bond donors (Lipinski definition) is 2. The van der Waals surface area contributed by atoms with Gasteiger partial charge in [-0.25, -0.2) is 0 Å². The second kappa shape index (κ2) is 4.49. The van der Waals surface area contributed by atoms with Crippen LogP contribution in [0.1, 0.15) is 29.7 Å². The third-order valence-corrected chi connectivity index (χ3v) is 2.63. The Bertz CT molecular complexity index is 340. The molecule has 2 N–H and O–H groups in total. The van der Waals surface area contributed by atoms with Crippen LogP contribution in [0.25, 0.3) is 0 Å². The molecule has 82 valence electrons. The number of rotatable bonds is 3. The van der Waals surface area contributed by atoms with E-state index in [2.05, 4.69) is 10.6 Å². The van der Waals surface area contributed by atoms with Crippen molar-refractivity contribution in [3.05, 3.63) is 23.7 Å². The first-order chi connectivity index (χ1) is 7.29. The molecule has 1 aliphatic heterocycles. The lowest BCUT2D eigenvalue weighted by Gasteiger charge is -2.09. The van der Waals surface area contributed by atoms with E-state index in [1.807, 2.05) is 13.0 Å². The van der Waals surface area contributed by atoms with Gasteiger partial charge in [-0.1, -0.05) is 6.92 Å². The number of furan rings is 1. The van der Waals surface area contributed by atoms with E-state index in [-0.39, 0.29) is 11.9 Å². The standard InChI is InChI=1S/C11H16N2O2/c1-2-9-3-4-10(15-9)11(14)13-8-5-6-12-7-8/h3-4,8,12H,2,5-7H2,1H3,(H,13,14)/t8-/m1/s1. The molecule has 2 heterocycles. The molecule has 1 saturated heterocycles. The lowest BCUT2D eigenvalue weighted by atomic mass is 10.2. The molecule has 1 aromatic heterocycles. The van der Waals surface area contributed by atoms with Gasteiger partial charge in [0.15, 0.2) is 5.76 Å². The number of carbonyl (C=O) groups excluding carboxylic acids is 1. The molecule has 1 amide bonds. The van der Waals surface area contributed by atoms with Crippen molar-refractivity contribution in [2.24, 2.45) is 0 Å². The van der Waals surface area contributed by atoms with Crippen molar-refractivity contribution in [3.63, 3.8) is 0 Å². The van der Waals surface area contributed by atoms with Crippen molar-refractivity contribution in [3.8, 4) is 0 Å². The fourth-order valence-corrected chi connectivity index (χ4v) is 1.72. The molecule has 1 atom stereocenters. The highest BCUT2D eigenvalue weighted by Crippen LogP contribution is 2.09. The number of aryl methyl sites for hydroxylation is 1. The van der Waals surface area contributed by atoms with Crippen LogP contribution in [-0.4, -0.2) is 25.0 Å². The van der Waals surface area contributed by atoms with E-state index in [1.54, 1.807) is 6.07 Å². The minimum absolute atomic E-state index is 0.108. The zero-order valence-corrected chi connectivity index (χ0v) is 8.88. The molecule has 15 heavy (non-hydrogen) atoms. The highest BCUT2D eigenvalue weighted by atomic mass is 16.3. The monoisotopic (exact) mass is 208 g/mol. The van der Waals surface area contributed by atoms with E-state index in [4.69, 9.17) is 4.42 Å². The Labute approximate surface area is 89.0 Å². The minimum Gasteiger partial charge on any atom is -0.456 e. The first-order valence-electron chi connectivity index (χ1n) is 5.40. The van der Waals surface area contributed by atoms with Crippen LogP contribution in [0, 0.1) is 0 Å². The number of carbonyl (C=O) groups is 1. The van der Waals surface area contributed by atoms with Crippen LogP contribution < -0.4 is 10.6 Å². The molecule has 0 saturated carbocycles. The van der Waals surface area contributed by atoms with Crippen molar-refractivity contribution >= 4 is 5.91 Å². The summed E-state index contributed by atoms with van der Waals surface area (Å²) in [5, 5.41) is 6.14. The quantitative estimate of drug-likeness (QED) is 0.777. The molecule has 0 bridgehead atoms. The van der Waals surface area contributed by atoms with Crippen molar-refractivity contribution in [1.82, 2.24) is 10.6 Å². The van der Waals surface area contributed by atoms with Crippen molar-refractivity contribution in [2.45, 2.75) is 25.8 Å². The van der Waals surface area contributed by atoms with E-state index >= 15 is 0 Å². The first kappa shape index (κ1) is 10.2. The normalized spacial score (nSPS) is 20.5. The topological polar surface area (TPSA) is 54.3 Å². The number of nitrogens with one attached hydrogen (secondary N) is 2. The minimum atomic E-state index is -0.108. The summed E-state index contributed by atoms with van der Waals surface area (Å²) in [6.45, 7) is 3.83. The molecular weight excluding hydrogens is 192 g/mol. The smallest absolute Gasteiger partial charge is 0.287 e. The van der Waals surface area contributed by atoms with Crippen LogP contribution in [0.5, 0.6) is 0 Å². The van der Waals surface area contributed by atoms with Crippen molar-refractivity contribution < 1.29 is 9.21 Å². The third-order valence-electron chi connectivity index (χ3n) is 2.63. The maximum Gasteiger partial charge on any atom is 0.287 e. The number of amides is 1. The fourth-order valence-electron chi connectivity index (χ4n) is 1.72. The lowest BCUT2D eigenvalue weighted by molar-refractivity contribution is 0.0910. The SMILES string of the molecule is CCc1ccc(C(=O)N[C@@H]2CCNC2)o1. The van der Waals surface area contributed by atoms with E-state index < -0.39 is 0 Å². The van der Waals surface area contributed by atoms with Gasteiger partial charge in [-0.3, -0.25) is 4.79 Å². The Kier molecular flexibility index (Phi) is 3.06. The average Bonchev–Trinajstić information content (AvgIpc) is 2.86. The van der Waals surface area contributed by atoms with E-state index in [0.29, 0.717) is 5.76 Å². The van der Waals surface area contributed by atoms with Crippen LogP contribution in [0.15, 0.2) is 16.5 Å². The maximum atomic E-state index is 11.7. The summed E-state index contributed by atoms with van der Waals surface area (Å²) in [5.74, 6) is 1.16. The molecular formula is C11H16N2O2. The molecule has 1 aliphatic rings. The van der Waals surface area contributed by atoms with Crippen LogP contribution in [0.3, 0.4) is 0 Å².